The second-order valence-corrected chi connectivity index (χ2v) is 15.5. The van der Waals surface area contributed by atoms with E-state index < -0.39 is 8.32 Å². The molecule has 1 unspecified atom stereocenters. The van der Waals surface area contributed by atoms with Crippen LogP contribution in [0.1, 0.15) is 67.9 Å². The molecule has 0 aliphatic heterocycles. The molecule has 1 heterocycles. The van der Waals surface area contributed by atoms with Crippen LogP contribution in [0, 0.1) is 13.8 Å². The van der Waals surface area contributed by atoms with Gasteiger partial charge in [0.2, 0.25) is 0 Å². The van der Waals surface area contributed by atoms with Crippen molar-refractivity contribution in [3.8, 4) is 0 Å². The quantitative estimate of drug-likeness (QED) is 0.283. The lowest BCUT2D eigenvalue weighted by molar-refractivity contribution is -0.143. The number of aromatic nitrogens is 3. The van der Waals surface area contributed by atoms with E-state index >= 15 is 0 Å². The predicted octanol–water partition coefficient (Wildman–Crippen LogP) is 6.19. The first-order chi connectivity index (χ1) is 15.9. The van der Waals surface area contributed by atoms with Gasteiger partial charge >= 0.3 is 5.97 Å². The fraction of sp³-hybridized carbons (Fsp3) is 0.519. The van der Waals surface area contributed by atoms with Gasteiger partial charge in [-0.05, 0) is 72.8 Å². The molecule has 0 saturated carbocycles. The summed E-state index contributed by atoms with van der Waals surface area (Å²) >= 11 is 0. The average molecular weight is 482 g/mol. The lowest BCUT2D eigenvalue weighted by Crippen LogP contribution is -2.40. The summed E-state index contributed by atoms with van der Waals surface area (Å²) in [6, 6.07) is 10.6. The normalized spacial score (nSPS) is 13.3. The second kappa shape index (κ2) is 10.00. The van der Waals surface area contributed by atoms with Crippen molar-refractivity contribution in [2.75, 3.05) is 6.61 Å². The molecule has 184 valence electrons. The number of rotatable bonds is 8. The highest BCUT2D eigenvalue weighted by molar-refractivity contribution is 6.74. The maximum Gasteiger partial charge on any atom is 0.306 e. The van der Waals surface area contributed by atoms with Crippen molar-refractivity contribution in [2.24, 2.45) is 7.05 Å². The number of aryl methyl sites for hydroxylation is 3. The summed E-state index contributed by atoms with van der Waals surface area (Å²) < 4.78 is 13.6. The first kappa shape index (κ1) is 26.1. The van der Waals surface area contributed by atoms with Crippen LogP contribution >= 0.6 is 0 Å². The molecule has 1 aromatic heterocycles. The van der Waals surface area contributed by atoms with Crippen molar-refractivity contribution >= 4 is 25.3 Å². The van der Waals surface area contributed by atoms with E-state index in [9.17, 15) is 4.79 Å². The third-order valence-electron chi connectivity index (χ3n) is 7.30. The summed E-state index contributed by atoms with van der Waals surface area (Å²) in [5.41, 5.74) is 7.39. The molecule has 0 aliphatic rings. The van der Waals surface area contributed by atoms with Gasteiger partial charge in [-0.15, -0.1) is 5.10 Å². The molecule has 3 aromatic rings. The van der Waals surface area contributed by atoms with E-state index in [1.807, 2.05) is 20.0 Å². The van der Waals surface area contributed by atoms with Crippen LogP contribution in [0.25, 0.3) is 11.0 Å². The van der Waals surface area contributed by atoms with E-state index in [0.717, 1.165) is 33.3 Å². The van der Waals surface area contributed by atoms with Crippen molar-refractivity contribution in [3.63, 3.8) is 0 Å². The van der Waals surface area contributed by atoms with Gasteiger partial charge in [0.15, 0.2) is 8.32 Å². The zero-order valence-electron chi connectivity index (χ0n) is 22.2. The van der Waals surface area contributed by atoms with Crippen LogP contribution in [0.5, 0.6) is 0 Å². The number of nitrogens with zero attached hydrogens (tertiary/aromatic N) is 3. The van der Waals surface area contributed by atoms with Crippen LogP contribution in [-0.4, -0.2) is 35.9 Å². The second-order valence-electron chi connectivity index (χ2n) is 10.7. The van der Waals surface area contributed by atoms with Gasteiger partial charge in [0.1, 0.15) is 5.52 Å². The number of esters is 1. The Morgan fingerprint density at radius 1 is 1.15 bits per heavy atom. The van der Waals surface area contributed by atoms with E-state index in [2.05, 4.69) is 82.3 Å². The Kier molecular flexibility index (Phi) is 7.68. The molecule has 6 nitrogen and oxygen atoms in total. The van der Waals surface area contributed by atoms with Crippen molar-refractivity contribution in [2.45, 2.75) is 78.6 Å². The monoisotopic (exact) mass is 481 g/mol. The minimum Gasteiger partial charge on any atom is -0.466 e. The van der Waals surface area contributed by atoms with Gasteiger partial charge < -0.3 is 9.16 Å². The Balaban J connectivity index is 2.03. The number of ether oxygens (including phenoxy) is 1. The Bertz CT molecular complexity index is 1180. The minimum atomic E-state index is -1.88. The van der Waals surface area contributed by atoms with E-state index in [1.165, 1.54) is 5.56 Å². The Morgan fingerprint density at radius 3 is 2.50 bits per heavy atom. The largest absolute Gasteiger partial charge is 0.466 e. The Labute approximate surface area is 204 Å². The molecule has 34 heavy (non-hydrogen) atoms. The van der Waals surface area contributed by atoms with Gasteiger partial charge in [0, 0.05) is 13.0 Å². The zero-order valence-corrected chi connectivity index (χ0v) is 23.2. The third-order valence-corrected chi connectivity index (χ3v) is 11.8. The van der Waals surface area contributed by atoms with E-state index in [0.29, 0.717) is 13.2 Å². The summed E-state index contributed by atoms with van der Waals surface area (Å²) in [4.78, 5) is 12.6. The molecular formula is C27H39N3O3Si. The zero-order chi connectivity index (χ0) is 25.3. The molecule has 0 saturated heterocycles. The predicted molar refractivity (Wildman–Crippen MR) is 140 cm³/mol. The smallest absolute Gasteiger partial charge is 0.306 e. The maximum absolute atomic E-state index is 12.6. The fourth-order valence-corrected chi connectivity index (χ4v) is 4.91. The van der Waals surface area contributed by atoms with E-state index in [-0.39, 0.29) is 23.3 Å². The number of carbonyl (C=O) groups is 1. The lowest BCUT2D eigenvalue weighted by atomic mass is 9.84. The highest BCUT2D eigenvalue weighted by Crippen LogP contribution is 2.38. The highest BCUT2D eigenvalue weighted by atomic mass is 28.4. The Morgan fingerprint density at radius 2 is 1.85 bits per heavy atom. The molecule has 0 bridgehead atoms. The number of fused-ring (bicyclic) bond motifs is 1. The van der Waals surface area contributed by atoms with Gasteiger partial charge in [-0.2, -0.15) is 0 Å². The van der Waals surface area contributed by atoms with Gasteiger partial charge in [-0.3, -0.25) is 4.79 Å². The highest BCUT2D eigenvalue weighted by Gasteiger charge is 2.37. The van der Waals surface area contributed by atoms with Crippen LogP contribution in [0.2, 0.25) is 18.1 Å². The van der Waals surface area contributed by atoms with Gasteiger partial charge in [0.25, 0.3) is 0 Å². The number of carbonyl (C=O) groups excluding carboxylic acids is 1. The molecular weight excluding hydrogens is 442 g/mol. The van der Waals surface area contributed by atoms with Crippen molar-refractivity contribution in [1.82, 2.24) is 15.0 Å². The van der Waals surface area contributed by atoms with E-state index in [1.54, 1.807) is 4.68 Å². The van der Waals surface area contributed by atoms with Gasteiger partial charge in [-0.25, -0.2) is 4.68 Å². The van der Waals surface area contributed by atoms with Crippen LogP contribution in [0.4, 0.5) is 0 Å². The van der Waals surface area contributed by atoms with Crippen LogP contribution < -0.4 is 0 Å². The molecule has 0 amide bonds. The van der Waals surface area contributed by atoms with Crippen LogP contribution in [0.15, 0.2) is 30.3 Å². The summed E-state index contributed by atoms with van der Waals surface area (Å²) in [6.45, 7) is 18.3. The number of hydrogen-bond donors (Lipinski definition) is 0. The molecule has 1 atom stereocenters. The molecule has 7 heteroatoms. The SMILES string of the molecule is CCOC(=O)CC(c1ccc(C)c(CO[Si](C)(C)C(C)(C)C)c1)c1ccc2c(nnn2C)c1C. The van der Waals surface area contributed by atoms with Gasteiger partial charge in [-0.1, -0.05) is 50.3 Å². The molecule has 0 spiro atoms. The molecule has 3 rings (SSSR count). The Hall–Kier alpha value is -2.51. The molecule has 0 fully saturated rings. The third kappa shape index (κ3) is 5.41. The maximum atomic E-state index is 12.6. The van der Waals surface area contributed by atoms with Crippen LogP contribution in [0.3, 0.4) is 0 Å². The van der Waals surface area contributed by atoms with Crippen molar-refractivity contribution in [1.29, 1.82) is 0 Å². The number of hydrogen-bond acceptors (Lipinski definition) is 5. The first-order valence-corrected chi connectivity index (χ1v) is 14.9. The molecule has 0 N–H and O–H groups in total. The summed E-state index contributed by atoms with van der Waals surface area (Å²) in [5, 5.41) is 8.68. The summed E-state index contributed by atoms with van der Waals surface area (Å²) in [6.07, 6.45) is 0.270. The van der Waals surface area contributed by atoms with Crippen molar-refractivity contribution in [3.05, 3.63) is 58.1 Å². The number of benzene rings is 2. The van der Waals surface area contributed by atoms with Crippen LogP contribution in [-0.2, 0) is 27.6 Å². The molecule has 2 aromatic carbocycles. The summed E-state index contributed by atoms with van der Waals surface area (Å²) in [7, 11) is 0.00322. The van der Waals surface area contributed by atoms with E-state index in [4.69, 9.17) is 9.16 Å². The summed E-state index contributed by atoms with van der Waals surface area (Å²) in [5.74, 6) is -0.344. The lowest BCUT2D eigenvalue weighted by Gasteiger charge is -2.36. The molecule has 0 radical (unpaired) electrons. The van der Waals surface area contributed by atoms with Gasteiger partial charge in [0.05, 0.1) is 25.2 Å². The van der Waals surface area contributed by atoms with Crippen molar-refractivity contribution < 1.29 is 14.0 Å². The topological polar surface area (TPSA) is 66.2 Å². The standard InChI is InChI=1S/C27H39N3O3Si/c1-10-32-25(31)16-23(22-13-14-24-26(19(22)3)28-29-30(24)7)20-12-11-18(2)21(15-20)17-33-34(8,9)27(4,5)6/h11-15,23H,10,16-17H2,1-9H3. The first-order valence-electron chi connectivity index (χ1n) is 12.0. The molecule has 0 aliphatic carbocycles. The minimum absolute atomic E-state index is 0.141. The fourth-order valence-electron chi connectivity index (χ4n) is 3.96. The average Bonchev–Trinajstić information content (AvgIpc) is 3.13.